The minimum absolute atomic E-state index is 0. The van der Waals surface area contributed by atoms with Crippen LogP contribution in [0.3, 0.4) is 0 Å². The van der Waals surface area contributed by atoms with Crippen LogP contribution in [-0.4, -0.2) is 73.5 Å². The minimum Gasteiger partial charge on any atom is 0 e. The zero-order valence-electron chi connectivity index (χ0n) is 3.21. The SMILES string of the molecule is O=C(O)C(=O)O.[KH].[Zr]. The number of carboxylic acid groups (broad SMARTS) is 2. The first-order valence-electron chi connectivity index (χ1n) is 1.11. The van der Waals surface area contributed by atoms with Crippen molar-refractivity contribution in [2.45, 2.75) is 0 Å². The zero-order chi connectivity index (χ0) is 5.15. The summed E-state index contributed by atoms with van der Waals surface area (Å²) in [4.78, 5) is 18.2. The quantitative estimate of drug-likeness (QED) is 0.386. The second-order valence-electron chi connectivity index (χ2n) is 0.610. The number of aliphatic carboxylic acids is 2. The first kappa shape index (κ1) is 16.2. The van der Waals surface area contributed by atoms with Gasteiger partial charge in [-0.2, -0.15) is 0 Å². The van der Waals surface area contributed by atoms with Gasteiger partial charge in [-0.15, -0.1) is 0 Å². The molecule has 0 fully saturated rings. The van der Waals surface area contributed by atoms with E-state index in [4.69, 9.17) is 19.8 Å². The number of hydrogen-bond donors (Lipinski definition) is 2. The van der Waals surface area contributed by atoms with E-state index < -0.39 is 11.9 Å². The molecule has 0 aromatic rings. The van der Waals surface area contributed by atoms with Gasteiger partial charge in [0, 0.05) is 26.2 Å². The van der Waals surface area contributed by atoms with E-state index in [9.17, 15) is 0 Å². The van der Waals surface area contributed by atoms with E-state index in [0.717, 1.165) is 0 Å². The van der Waals surface area contributed by atoms with Crippen LogP contribution in [0.25, 0.3) is 0 Å². The van der Waals surface area contributed by atoms with Crippen LogP contribution in [0.15, 0.2) is 0 Å². The van der Waals surface area contributed by atoms with Crippen LogP contribution in [0, 0.1) is 0 Å². The summed E-state index contributed by atoms with van der Waals surface area (Å²) in [5.41, 5.74) is 0. The van der Waals surface area contributed by atoms with Crippen molar-refractivity contribution in [2.24, 2.45) is 0 Å². The fraction of sp³-hybridized carbons (Fsp3) is 0. The Hall–Kier alpha value is 1.46. The van der Waals surface area contributed by atoms with Crippen LogP contribution in [0.5, 0.6) is 0 Å². The van der Waals surface area contributed by atoms with Gasteiger partial charge in [-0.1, -0.05) is 0 Å². The molecule has 0 saturated carbocycles. The molecule has 0 aromatic carbocycles. The molecule has 0 aromatic heterocycles. The normalized spacial score (nSPS) is 5.50. The number of carboxylic acids is 2. The first-order chi connectivity index (χ1) is 2.64. The first-order valence-corrected chi connectivity index (χ1v) is 1.11. The molecule has 0 heterocycles. The molecule has 0 amide bonds. The molecule has 0 saturated heterocycles. The van der Waals surface area contributed by atoms with Crippen molar-refractivity contribution < 1.29 is 46.0 Å². The van der Waals surface area contributed by atoms with Crippen molar-refractivity contribution in [3.05, 3.63) is 0 Å². The van der Waals surface area contributed by atoms with E-state index in [-0.39, 0.29) is 77.6 Å². The van der Waals surface area contributed by atoms with Crippen LogP contribution >= 0.6 is 0 Å². The van der Waals surface area contributed by atoms with E-state index in [1.165, 1.54) is 0 Å². The van der Waals surface area contributed by atoms with Crippen molar-refractivity contribution in [2.75, 3.05) is 0 Å². The molecule has 0 rings (SSSR count). The molecule has 40 valence electrons. The Balaban J connectivity index is -0.000000125. The fourth-order valence-electron chi connectivity index (χ4n) is 0. The van der Waals surface area contributed by atoms with Gasteiger partial charge in [-0.3, -0.25) is 0 Å². The van der Waals surface area contributed by atoms with Gasteiger partial charge < -0.3 is 10.2 Å². The van der Waals surface area contributed by atoms with E-state index in [1.807, 2.05) is 0 Å². The maximum Gasteiger partial charge on any atom is 0 e. The second-order valence-corrected chi connectivity index (χ2v) is 0.610. The van der Waals surface area contributed by atoms with Gasteiger partial charge in [0.1, 0.15) is 0 Å². The van der Waals surface area contributed by atoms with Crippen molar-refractivity contribution in [3.8, 4) is 0 Å². The van der Waals surface area contributed by atoms with E-state index in [0.29, 0.717) is 0 Å². The van der Waals surface area contributed by atoms with Crippen LogP contribution in [0.2, 0.25) is 0 Å². The molecule has 0 aliphatic heterocycles. The predicted molar refractivity (Wildman–Crippen MR) is 22.4 cm³/mol. The van der Waals surface area contributed by atoms with Crippen molar-refractivity contribution in [3.63, 3.8) is 0 Å². The summed E-state index contributed by atoms with van der Waals surface area (Å²) in [6, 6.07) is 0. The monoisotopic (exact) mass is 220 g/mol. The topological polar surface area (TPSA) is 74.6 Å². The van der Waals surface area contributed by atoms with Crippen LogP contribution in [-0.2, 0) is 35.8 Å². The molecule has 8 heavy (non-hydrogen) atoms. The molecular weight excluding hydrogens is 218 g/mol. The second kappa shape index (κ2) is 8.46. The van der Waals surface area contributed by atoms with E-state index >= 15 is 0 Å². The van der Waals surface area contributed by atoms with Gasteiger partial charge in [0.15, 0.2) is 0 Å². The molecule has 0 atom stereocenters. The summed E-state index contributed by atoms with van der Waals surface area (Å²) in [7, 11) is 0. The van der Waals surface area contributed by atoms with Gasteiger partial charge in [0.05, 0.1) is 0 Å². The third-order valence-corrected chi connectivity index (χ3v) is 0.183. The van der Waals surface area contributed by atoms with Gasteiger partial charge >= 0.3 is 63.3 Å². The summed E-state index contributed by atoms with van der Waals surface area (Å²) in [5.74, 6) is -3.65. The molecule has 0 radical (unpaired) electrons. The summed E-state index contributed by atoms with van der Waals surface area (Å²) in [5, 5.41) is 14.8. The zero-order valence-corrected chi connectivity index (χ0v) is 5.67. The van der Waals surface area contributed by atoms with Gasteiger partial charge in [-0.25, -0.2) is 9.59 Å². The van der Waals surface area contributed by atoms with Gasteiger partial charge in [-0.05, 0) is 0 Å². The molecule has 0 aliphatic carbocycles. The molecular formula is C2H3KO4Zr. The molecule has 0 unspecified atom stereocenters. The number of carbonyl (C=O) groups is 2. The Morgan fingerprint density at radius 2 is 1.12 bits per heavy atom. The molecule has 0 aliphatic rings. The third kappa shape index (κ3) is 10.4. The molecule has 2 N–H and O–H groups in total. The van der Waals surface area contributed by atoms with Crippen molar-refractivity contribution in [1.29, 1.82) is 0 Å². The Bertz CT molecular complexity index is 80.0. The third-order valence-electron chi connectivity index (χ3n) is 0.183. The average Bonchev–Trinajstić information content (AvgIpc) is 1.36. The smallest absolute Gasteiger partial charge is 0 e. The van der Waals surface area contributed by atoms with Gasteiger partial charge in [0.2, 0.25) is 0 Å². The molecule has 0 spiro atoms. The number of hydrogen-bond acceptors (Lipinski definition) is 2. The molecule has 6 heteroatoms. The summed E-state index contributed by atoms with van der Waals surface area (Å²) in [6.45, 7) is 0. The fourth-order valence-corrected chi connectivity index (χ4v) is 0. The summed E-state index contributed by atoms with van der Waals surface area (Å²) in [6.07, 6.45) is 0. The molecule has 0 bridgehead atoms. The largest absolute Gasteiger partial charge is 0 e. The van der Waals surface area contributed by atoms with Crippen LogP contribution in [0.4, 0.5) is 0 Å². The van der Waals surface area contributed by atoms with Crippen molar-refractivity contribution >= 4 is 63.3 Å². The maximum absolute atomic E-state index is 9.10. The van der Waals surface area contributed by atoms with E-state index in [2.05, 4.69) is 0 Å². The van der Waals surface area contributed by atoms with Crippen LogP contribution in [0.1, 0.15) is 0 Å². The summed E-state index contributed by atoms with van der Waals surface area (Å²) < 4.78 is 0. The minimum atomic E-state index is -1.82. The Morgan fingerprint density at radius 3 is 1.12 bits per heavy atom. The van der Waals surface area contributed by atoms with Gasteiger partial charge in [0.25, 0.3) is 0 Å². The maximum atomic E-state index is 9.10. The van der Waals surface area contributed by atoms with Crippen molar-refractivity contribution in [1.82, 2.24) is 0 Å². The number of rotatable bonds is 0. The summed E-state index contributed by atoms with van der Waals surface area (Å²) >= 11 is 0. The Labute approximate surface area is 107 Å². The van der Waals surface area contributed by atoms with Crippen LogP contribution < -0.4 is 0 Å². The Kier molecular flexibility index (Phi) is 17.2. The predicted octanol–water partition coefficient (Wildman–Crippen LogP) is -1.50. The Morgan fingerprint density at radius 1 is 1.00 bits per heavy atom. The average molecular weight is 221 g/mol. The molecule has 4 nitrogen and oxygen atoms in total. The standard InChI is InChI=1S/C2H2O4.K.Zr.H/c3-1(4)2(5)6;;;/h(H,3,4)(H,5,6);;;. The van der Waals surface area contributed by atoms with E-state index in [1.54, 1.807) is 0 Å².